The zero-order chi connectivity index (χ0) is 27.8. The van der Waals surface area contributed by atoms with Crippen molar-refractivity contribution in [3.05, 3.63) is 53.9 Å². The van der Waals surface area contributed by atoms with Gasteiger partial charge in [0.15, 0.2) is 5.65 Å². The third-order valence-electron chi connectivity index (χ3n) is 5.17. The molecule has 0 spiro atoms. The molecule has 2 saturated heterocycles. The predicted octanol–water partition coefficient (Wildman–Crippen LogP) is 2.95. The number of nitrogens with one attached hydrogen (secondary N) is 1. The fourth-order valence-corrected chi connectivity index (χ4v) is 3.79. The van der Waals surface area contributed by atoms with Crippen LogP contribution in [0.2, 0.25) is 0 Å². The Kier molecular flexibility index (Phi) is 3.31. The number of fused-ring (bicyclic) bond motifs is 1. The Bertz CT molecular complexity index is 1410. The summed E-state index contributed by atoms with van der Waals surface area (Å²) < 4.78 is 84.9. The molecule has 0 unspecified atom stereocenters. The molecule has 0 radical (unpaired) electrons. The number of halogens is 2. The average Bonchev–Trinajstić information content (AvgIpc) is 3.48. The second-order valence-electron chi connectivity index (χ2n) is 7.09. The molecular weight excluding hydrogens is 406 g/mol. The van der Waals surface area contributed by atoms with E-state index in [-0.39, 0.29) is 21.8 Å². The van der Waals surface area contributed by atoms with Crippen molar-refractivity contribution in [3.8, 4) is 0 Å². The molecule has 0 saturated carbocycles. The van der Waals surface area contributed by atoms with Gasteiger partial charge < -0.3 is 20.2 Å². The van der Waals surface area contributed by atoms with Crippen LogP contribution in [0.15, 0.2) is 36.7 Å². The molecular formula is C21H22F2N6O2. The van der Waals surface area contributed by atoms with Gasteiger partial charge in [0.1, 0.15) is 23.1 Å². The van der Waals surface area contributed by atoms with Crippen molar-refractivity contribution in [1.29, 1.82) is 0 Å². The monoisotopic (exact) mass is 435 g/mol. The topological polar surface area (TPSA) is 86.0 Å². The van der Waals surface area contributed by atoms with Crippen LogP contribution in [0.25, 0.3) is 5.65 Å². The average molecular weight is 435 g/mol. The highest BCUT2D eigenvalue weighted by Crippen LogP contribution is 2.37. The molecule has 3 aromatic rings. The number of amides is 2. The summed E-state index contributed by atoms with van der Waals surface area (Å²) in [5.74, 6) is -0.795. The second kappa shape index (κ2) is 7.77. The molecule has 162 valence electrons. The molecule has 8 nitrogen and oxygen atoms in total. The van der Waals surface area contributed by atoms with Gasteiger partial charge in [-0.05, 0) is 43.5 Å². The molecule has 2 aliphatic heterocycles. The van der Waals surface area contributed by atoms with Gasteiger partial charge in [0.05, 0.1) is 22.4 Å². The highest BCUT2D eigenvalue weighted by atomic mass is 19.1. The lowest BCUT2D eigenvalue weighted by molar-refractivity contribution is 0.176. The number of urea groups is 1. The van der Waals surface area contributed by atoms with Crippen molar-refractivity contribution in [1.82, 2.24) is 19.5 Å². The number of rotatable bonds is 3. The first-order chi connectivity index (χ1) is 17.6. The molecule has 0 bridgehead atoms. The Hall–Kier alpha value is -3.27. The van der Waals surface area contributed by atoms with E-state index in [2.05, 4.69) is 15.4 Å². The van der Waals surface area contributed by atoms with Gasteiger partial charge in [0.25, 0.3) is 0 Å². The third-order valence-corrected chi connectivity index (χ3v) is 5.17. The van der Waals surface area contributed by atoms with Crippen LogP contribution in [0.3, 0.4) is 0 Å². The molecule has 10 heteroatoms. The van der Waals surface area contributed by atoms with Gasteiger partial charge in [-0.15, -0.1) is 0 Å². The fourth-order valence-electron chi connectivity index (χ4n) is 3.79. The van der Waals surface area contributed by atoms with Gasteiger partial charge in [0, 0.05) is 36.8 Å². The number of anilines is 2. The minimum Gasteiger partial charge on any atom is -0.391 e. The highest BCUT2D eigenvalue weighted by molar-refractivity contribution is 5.93. The quantitative estimate of drug-likeness (QED) is 0.661. The van der Waals surface area contributed by atoms with Crippen LogP contribution >= 0.6 is 0 Å². The summed E-state index contributed by atoms with van der Waals surface area (Å²) in [6.07, 6.45) is -3.24. The molecule has 4 heterocycles. The number of hydrogen-bond donors (Lipinski definition) is 2. The smallest absolute Gasteiger partial charge is 0.322 e. The number of aromatic nitrogens is 3. The maximum absolute atomic E-state index is 14.5. The van der Waals surface area contributed by atoms with Crippen LogP contribution in [0.1, 0.15) is 40.4 Å². The lowest BCUT2D eigenvalue weighted by Gasteiger charge is -2.26. The lowest BCUT2D eigenvalue weighted by Crippen LogP contribution is -2.33. The van der Waals surface area contributed by atoms with E-state index >= 15 is 0 Å². The molecule has 31 heavy (non-hydrogen) atoms. The number of aliphatic hydroxyl groups is 1. The van der Waals surface area contributed by atoms with Crippen LogP contribution in [-0.2, 0) is 0 Å². The number of hydrogen-bond acceptors (Lipinski definition) is 5. The van der Waals surface area contributed by atoms with Crippen molar-refractivity contribution < 1.29 is 28.3 Å². The number of benzene rings is 1. The Morgan fingerprint density at radius 2 is 2.23 bits per heavy atom. The van der Waals surface area contributed by atoms with Gasteiger partial charge in [-0.25, -0.2) is 23.1 Å². The molecule has 2 aromatic heterocycles. The normalized spacial score (nSPS) is 31.8. The maximum Gasteiger partial charge on any atom is 0.322 e. The molecule has 2 atom stereocenters. The first-order valence-electron chi connectivity index (χ1n) is 13.0. The number of nitrogens with zero attached hydrogens (tertiary/aromatic N) is 5. The Balaban J connectivity index is 1.48. The zero-order valence-corrected chi connectivity index (χ0v) is 16.0. The van der Waals surface area contributed by atoms with Gasteiger partial charge in [0.2, 0.25) is 0 Å². The Labute approximate surface area is 186 Å². The van der Waals surface area contributed by atoms with Gasteiger partial charge >= 0.3 is 6.03 Å². The summed E-state index contributed by atoms with van der Waals surface area (Å²) in [7, 11) is 0. The molecule has 5 rings (SSSR count). The molecule has 2 fully saturated rings. The standard InChI is InChI=1S/C21H22F2N6O2/c22-13-3-4-16(23)15(10-13)18-2-1-7-28(18)19-6-9-29-20(26-19)17(11-24-29)25-21(31)27-8-5-14(30)12-27/h3-4,6,9-11,14,18,30H,1-2,5,7-8,12H2,(H,25,31)/t14-,18+/m0/s1/i5D2,8D2,12D2,14D. The van der Waals surface area contributed by atoms with E-state index in [0.717, 1.165) is 24.4 Å². The summed E-state index contributed by atoms with van der Waals surface area (Å²) in [5.41, 5.74) is 0.115. The predicted molar refractivity (Wildman–Crippen MR) is 110 cm³/mol. The van der Waals surface area contributed by atoms with Gasteiger partial charge in [-0.2, -0.15) is 5.10 Å². The first kappa shape index (κ1) is 13.2. The van der Waals surface area contributed by atoms with Gasteiger partial charge in [-0.1, -0.05) is 0 Å². The van der Waals surface area contributed by atoms with Crippen LogP contribution in [0.5, 0.6) is 0 Å². The van der Waals surface area contributed by atoms with E-state index in [1.807, 2.05) is 0 Å². The van der Waals surface area contributed by atoms with E-state index in [1.54, 1.807) is 11.0 Å². The van der Waals surface area contributed by atoms with Crippen molar-refractivity contribution in [3.63, 3.8) is 0 Å². The number of carbonyl (C=O) groups excluding carboxylic acids is 1. The third kappa shape index (κ3) is 3.67. The second-order valence-corrected chi connectivity index (χ2v) is 7.09. The van der Waals surface area contributed by atoms with Crippen LogP contribution in [-0.4, -0.2) is 56.3 Å². The fraction of sp³-hybridized carbons (Fsp3) is 0.381. The number of likely N-dealkylation sites (tertiary alicyclic amines) is 1. The van der Waals surface area contributed by atoms with Crippen molar-refractivity contribution in [2.24, 2.45) is 0 Å². The lowest BCUT2D eigenvalue weighted by atomic mass is 10.0. The minimum absolute atomic E-state index is 0.0469. The largest absolute Gasteiger partial charge is 0.391 e. The van der Waals surface area contributed by atoms with E-state index < -0.39 is 49.2 Å². The van der Waals surface area contributed by atoms with E-state index in [9.17, 15) is 18.7 Å². The number of β-amino-alcohol motifs (C(OH)–C–C–N with tert-alkyl or cyclic N) is 1. The summed E-state index contributed by atoms with van der Waals surface area (Å²) in [4.78, 5) is 19.1. The number of carbonyl (C=O) groups is 1. The van der Waals surface area contributed by atoms with Crippen molar-refractivity contribution in [2.75, 3.05) is 29.8 Å². The van der Waals surface area contributed by atoms with Crippen molar-refractivity contribution >= 4 is 23.2 Å². The molecule has 2 amide bonds. The van der Waals surface area contributed by atoms with Crippen LogP contribution < -0.4 is 10.2 Å². The summed E-state index contributed by atoms with van der Waals surface area (Å²) in [6.45, 7) is -6.38. The molecule has 2 aliphatic rings. The van der Waals surface area contributed by atoms with Crippen LogP contribution in [0.4, 0.5) is 25.1 Å². The summed E-state index contributed by atoms with van der Waals surface area (Å²) in [6, 6.07) is 2.82. The molecule has 1 aromatic carbocycles. The maximum atomic E-state index is 14.5. The van der Waals surface area contributed by atoms with Crippen LogP contribution in [0, 0.1) is 11.6 Å². The van der Waals surface area contributed by atoms with Gasteiger partial charge in [-0.3, -0.25) is 0 Å². The molecule has 2 N–H and O–H groups in total. The molecule has 0 aliphatic carbocycles. The minimum atomic E-state index is -3.62. The first-order valence-corrected chi connectivity index (χ1v) is 9.51. The summed E-state index contributed by atoms with van der Waals surface area (Å²) >= 11 is 0. The van der Waals surface area contributed by atoms with E-state index in [4.69, 9.17) is 9.60 Å². The Morgan fingerprint density at radius 1 is 1.35 bits per heavy atom. The zero-order valence-electron chi connectivity index (χ0n) is 23.0. The Morgan fingerprint density at radius 3 is 3.03 bits per heavy atom. The SMILES string of the molecule is [2H]C1([2H])N(C(=O)Nc2cnn3ccc(N4CCC[C@@H]4c4cc(F)ccc4F)nc23)C([2H])([2H])[C@@]([2H])(O)C1([2H])[2H]. The highest BCUT2D eigenvalue weighted by Gasteiger charge is 2.30. The van der Waals surface area contributed by atoms with E-state index in [1.165, 1.54) is 10.7 Å². The van der Waals surface area contributed by atoms with E-state index in [0.29, 0.717) is 25.2 Å². The van der Waals surface area contributed by atoms with Crippen molar-refractivity contribution in [2.45, 2.75) is 31.3 Å². The summed E-state index contributed by atoms with van der Waals surface area (Å²) in [5, 5.41) is 16.5.